The molecule has 0 atom stereocenters. The Morgan fingerprint density at radius 1 is 1.29 bits per heavy atom. The van der Waals surface area contributed by atoms with Gasteiger partial charge in [0.1, 0.15) is 18.0 Å². The first kappa shape index (κ1) is 13.8. The van der Waals surface area contributed by atoms with Crippen LogP contribution in [0.4, 0.5) is 4.39 Å². The quantitative estimate of drug-likeness (QED) is 0.696. The molecule has 108 valence electrons. The van der Waals surface area contributed by atoms with Crippen LogP contribution in [-0.2, 0) is 12.4 Å². The van der Waals surface area contributed by atoms with E-state index in [1.807, 2.05) is 0 Å². The second kappa shape index (κ2) is 5.65. The Morgan fingerprint density at radius 2 is 2.10 bits per heavy atom. The Kier molecular flexibility index (Phi) is 3.70. The normalized spacial score (nSPS) is 11.0. The minimum absolute atomic E-state index is 0.188. The lowest BCUT2D eigenvalue weighted by Crippen LogP contribution is -2.06. The number of methoxy groups -OCH3 is 1. The predicted octanol–water partition coefficient (Wildman–Crippen LogP) is 2.76. The van der Waals surface area contributed by atoms with Gasteiger partial charge in [0.05, 0.1) is 19.5 Å². The van der Waals surface area contributed by atoms with Gasteiger partial charge in [0.15, 0.2) is 11.2 Å². The van der Waals surface area contributed by atoms with Crippen LogP contribution in [0, 0.1) is 5.82 Å². The zero-order chi connectivity index (χ0) is 14.8. The van der Waals surface area contributed by atoms with Crippen molar-refractivity contribution in [3.05, 3.63) is 47.8 Å². The molecule has 0 aliphatic rings. The molecule has 2 heterocycles. The van der Waals surface area contributed by atoms with Gasteiger partial charge in [0.25, 0.3) is 0 Å². The van der Waals surface area contributed by atoms with E-state index >= 15 is 0 Å². The molecule has 0 unspecified atom stereocenters. The Morgan fingerprint density at radius 3 is 2.81 bits per heavy atom. The minimum Gasteiger partial charge on any atom is -0.479 e. The van der Waals surface area contributed by atoms with Gasteiger partial charge in [-0.1, -0.05) is 18.2 Å². The molecule has 0 aliphatic carbocycles. The van der Waals surface area contributed by atoms with E-state index < -0.39 is 0 Å². The molecule has 0 radical (unpaired) electrons. The summed E-state index contributed by atoms with van der Waals surface area (Å²) in [6.07, 6.45) is 1.39. The van der Waals surface area contributed by atoms with Crippen molar-refractivity contribution in [3.63, 3.8) is 0 Å². The van der Waals surface area contributed by atoms with Gasteiger partial charge in [0, 0.05) is 5.56 Å². The number of hydrogen-bond donors (Lipinski definition) is 0. The third-order valence-corrected chi connectivity index (χ3v) is 3.42. The predicted molar refractivity (Wildman–Crippen MR) is 76.9 cm³/mol. The topological polar surface area (TPSA) is 52.8 Å². The summed E-state index contributed by atoms with van der Waals surface area (Å²) in [6.45, 7) is 0.297. The second-order valence-electron chi connectivity index (χ2n) is 4.39. The lowest BCUT2D eigenvalue weighted by molar-refractivity contribution is 0.401. The molecular weight excluding hydrogens is 295 g/mol. The van der Waals surface area contributed by atoms with Gasteiger partial charge < -0.3 is 9.30 Å². The number of halogens is 2. The number of nitrogens with zero attached hydrogens (tertiary/aromatic N) is 4. The molecular formula is C14H12ClFN4O. The van der Waals surface area contributed by atoms with E-state index in [1.54, 1.807) is 22.8 Å². The molecule has 0 saturated heterocycles. The van der Waals surface area contributed by atoms with E-state index in [9.17, 15) is 4.39 Å². The zero-order valence-electron chi connectivity index (χ0n) is 11.3. The molecule has 3 aromatic rings. The van der Waals surface area contributed by atoms with E-state index in [2.05, 4.69) is 15.0 Å². The highest BCUT2D eigenvalue weighted by molar-refractivity contribution is 6.16. The largest absolute Gasteiger partial charge is 0.479 e. The summed E-state index contributed by atoms with van der Waals surface area (Å²) < 4.78 is 20.8. The molecule has 3 rings (SSSR count). The summed E-state index contributed by atoms with van der Waals surface area (Å²) in [4.78, 5) is 12.6. The number of fused-ring (bicyclic) bond motifs is 1. The number of imidazole rings is 1. The highest BCUT2D eigenvalue weighted by atomic mass is 35.5. The molecule has 0 saturated carbocycles. The number of hydrogen-bond acceptors (Lipinski definition) is 4. The molecule has 1 aromatic carbocycles. The molecule has 5 nitrogen and oxygen atoms in total. The van der Waals surface area contributed by atoms with E-state index in [0.29, 0.717) is 35.0 Å². The first-order valence-electron chi connectivity index (χ1n) is 6.28. The monoisotopic (exact) mass is 306 g/mol. The third-order valence-electron chi connectivity index (χ3n) is 3.18. The third kappa shape index (κ3) is 2.42. The minimum atomic E-state index is -0.277. The Hall–Kier alpha value is -2.21. The van der Waals surface area contributed by atoms with Gasteiger partial charge in [-0.3, -0.25) is 0 Å². The molecule has 0 aliphatic heterocycles. The van der Waals surface area contributed by atoms with Gasteiger partial charge in [-0.15, -0.1) is 11.6 Å². The highest BCUT2D eigenvalue weighted by Crippen LogP contribution is 2.23. The van der Waals surface area contributed by atoms with Crippen LogP contribution >= 0.6 is 11.6 Å². The summed E-state index contributed by atoms with van der Waals surface area (Å²) in [6, 6.07) is 6.58. The number of rotatable bonds is 4. The van der Waals surface area contributed by atoms with Crippen molar-refractivity contribution in [3.8, 4) is 5.88 Å². The van der Waals surface area contributed by atoms with Crippen molar-refractivity contribution >= 4 is 22.8 Å². The average molecular weight is 307 g/mol. The van der Waals surface area contributed by atoms with Gasteiger partial charge >= 0.3 is 0 Å². The van der Waals surface area contributed by atoms with E-state index in [-0.39, 0.29) is 11.7 Å². The van der Waals surface area contributed by atoms with Crippen molar-refractivity contribution in [1.82, 2.24) is 19.5 Å². The maximum Gasteiger partial charge on any atom is 0.245 e. The molecule has 0 N–H and O–H groups in total. The van der Waals surface area contributed by atoms with Gasteiger partial charge in [-0.05, 0) is 6.07 Å². The first-order valence-corrected chi connectivity index (χ1v) is 6.81. The molecule has 2 aromatic heterocycles. The van der Waals surface area contributed by atoms with Crippen LogP contribution in [0.5, 0.6) is 5.88 Å². The fourth-order valence-electron chi connectivity index (χ4n) is 2.18. The molecule has 0 spiro atoms. The van der Waals surface area contributed by atoms with Crippen molar-refractivity contribution in [2.24, 2.45) is 0 Å². The lowest BCUT2D eigenvalue weighted by Gasteiger charge is -2.08. The highest BCUT2D eigenvalue weighted by Gasteiger charge is 2.16. The van der Waals surface area contributed by atoms with Crippen LogP contribution in [-0.4, -0.2) is 26.6 Å². The van der Waals surface area contributed by atoms with E-state index in [1.165, 1.54) is 19.5 Å². The van der Waals surface area contributed by atoms with Crippen LogP contribution in [0.1, 0.15) is 11.4 Å². The van der Waals surface area contributed by atoms with Crippen molar-refractivity contribution < 1.29 is 9.13 Å². The summed E-state index contributed by atoms with van der Waals surface area (Å²) in [5.74, 6) is 0.877. The molecule has 0 bridgehead atoms. The lowest BCUT2D eigenvalue weighted by atomic mass is 10.2. The number of alkyl halides is 1. The summed E-state index contributed by atoms with van der Waals surface area (Å²) in [7, 11) is 1.51. The molecule has 21 heavy (non-hydrogen) atoms. The Balaban J connectivity index is 2.15. The van der Waals surface area contributed by atoms with Crippen LogP contribution < -0.4 is 4.74 Å². The number of aromatic nitrogens is 4. The van der Waals surface area contributed by atoms with Crippen LogP contribution in [0.25, 0.3) is 11.2 Å². The average Bonchev–Trinajstić information content (AvgIpc) is 2.87. The van der Waals surface area contributed by atoms with Gasteiger partial charge in [0.2, 0.25) is 5.88 Å². The standard InChI is InChI=1S/C14H12ClFN4O/c1-21-14-12-13(17-8-18-14)20(11(6-15)19-12)7-9-4-2-3-5-10(9)16/h2-5,8H,6-7H2,1H3. The second-order valence-corrected chi connectivity index (χ2v) is 4.66. The zero-order valence-corrected chi connectivity index (χ0v) is 12.0. The van der Waals surface area contributed by atoms with Crippen LogP contribution in [0.15, 0.2) is 30.6 Å². The molecule has 7 heteroatoms. The number of ether oxygens (including phenoxy) is 1. The van der Waals surface area contributed by atoms with Crippen LogP contribution in [0.3, 0.4) is 0 Å². The summed E-state index contributed by atoms with van der Waals surface area (Å²) in [5.41, 5.74) is 1.63. The summed E-state index contributed by atoms with van der Waals surface area (Å²) in [5, 5.41) is 0. The van der Waals surface area contributed by atoms with Crippen molar-refractivity contribution in [1.29, 1.82) is 0 Å². The maximum absolute atomic E-state index is 13.8. The SMILES string of the molecule is COc1ncnc2c1nc(CCl)n2Cc1ccccc1F. The van der Waals surface area contributed by atoms with Crippen molar-refractivity contribution in [2.45, 2.75) is 12.4 Å². The van der Waals surface area contributed by atoms with Gasteiger partial charge in [-0.2, -0.15) is 4.98 Å². The Labute approximate surface area is 125 Å². The fraction of sp³-hybridized carbons (Fsp3) is 0.214. The maximum atomic E-state index is 13.8. The number of benzene rings is 1. The van der Waals surface area contributed by atoms with Gasteiger partial charge in [-0.25, -0.2) is 14.4 Å². The van der Waals surface area contributed by atoms with Crippen molar-refractivity contribution in [2.75, 3.05) is 7.11 Å². The molecule has 0 amide bonds. The Bertz CT molecular complexity index is 790. The van der Waals surface area contributed by atoms with E-state index in [0.717, 1.165) is 0 Å². The fourth-order valence-corrected chi connectivity index (χ4v) is 2.38. The van der Waals surface area contributed by atoms with E-state index in [4.69, 9.17) is 16.3 Å². The summed E-state index contributed by atoms with van der Waals surface area (Å²) >= 11 is 5.94. The first-order chi connectivity index (χ1) is 10.2. The molecule has 0 fully saturated rings. The van der Waals surface area contributed by atoms with Crippen LogP contribution in [0.2, 0.25) is 0 Å². The smallest absolute Gasteiger partial charge is 0.245 e.